The van der Waals surface area contributed by atoms with Crippen molar-refractivity contribution in [3.05, 3.63) is 58.3 Å². The van der Waals surface area contributed by atoms with Crippen molar-refractivity contribution >= 4 is 38.8 Å². The normalized spacial score (nSPS) is 10.2. The summed E-state index contributed by atoms with van der Waals surface area (Å²) < 4.78 is 1.08. The van der Waals surface area contributed by atoms with Gasteiger partial charge in [-0.25, -0.2) is 0 Å². The highest BCUT2D eigenvalue weighted by molar-refractivity contribution is 9.10. The Morgan fingerprint density at radius 2 is 1.95 bits per heavy atom. The zero-order valence-corrected chi connectivity index (χ0v) is 12.9. The van der Waals surface area contributed by atoms with Crippen molar-refractivity contribution in [2.75, 3.05) is 11.9 Å². The molecule has 0 amide bonds. The van der Waals surface area contributed by atoms with Gasteiger partial charge in [0.1, 0.15) is 4.99 Å². The van der Waals surface area contributed by atoms with E-state index in [1.54, 1.807) is 6.20 Å². The fourth-order valence-electron chi connectivity index (χ4n) is 1.71. The van der Waals surface area contributed by atoms with Crippen LogP contribution in [0.2, 0.25) is 0 Å². The summed E-state index contributed by atoms with van der Waals surface area (Å²) in [5, 5.41) is 0. The second-order valence-corrected chi connectivity index (χ2v) is 5.60. The smallest absolute Gasteiger partial charge is 0.122 e. The lowest BCUT2D eigenvalue weighted by molar-refractivity contribution is 0.917. The Balaban J connectivity index is 2.09. The van der Waals surface area contributed by atoms with Crippen molar-refractivity contribution in [2.45, 2.75) is 6.54 Å². The van der Waals surface area contributed by atoms with Crippen LogP contribution in [-0.4, -0.2) is 17.0 Å². The number of aromatic nitrogens is 1. The lowest BCUT2D eigenvalue weighted by Gasteiger charge is -2.19. The average molecular weight is 336 g/mol. The van der Waals surface area contributed by atoms with Crippen LogP contribution in [0.4, 0.5) is 5.69 Å². The van der Waals surface area contributed by atoms with Crippen LogP contribution in [0.5, 0.6) is 0 Å². The Kier molecular flexibility index (Phi) is 4.50. The second-order valence-electron chi connectivity index (χ2n) is 4.25. The van der Waals surface area contributed by atoms with E-state index >= 15 is 0 Å². The van der Waals surface area contributed by atoms with Gasteiger partial charge in [-0.15, -0.1) is 0 Å². The van der Waals surface area contributed by atoms with E-state index in [1.807, 2.05) is 31.3 Å². The van der Waals surface area contributed by atoms with Crippen molar-refractivity contribution < 1.29 is 0 Å². The van der Waals surface area contributed by atoms with Gasteiger partial charge in [-0.3, -0.25) is 4.98 Å². The molecule has 0 unspecified atom stereocenters. The summed E-state index contributed by atoms with van der Waals surface area (Å²) in [7, 11) is 2.03. The first-order valence-corrected chi connectivity index (χ1v) is 6.98. The van der Waals surface area contributed by atoms with Gasteiger partial charge in [0, 0.05) is 18.1 Å². The second kappa shape index (κ2) is 6.12. The lowest BCUT2D eigenvalue weighted by atomic mass is 10.2. The van der Waals surface area contributed by atoms with Crippen LogP contribution in [0, 0.1) is 0 Å². The van der Waals surface area contributed by atoms with Crippen molar-refractivity contribution in [1.82, 2.24) is 4.98 Å². The van der Waals surface area contributed by atoms with Crippen LogP contribution in [0.15, 0.2) is 47.1 Å². The maximum absolute atomic E-state index is 5.53. The molecule has 0 spiro atoms. The van der Waals surface area contributed by atoms with Gasteiger partial charge in [0.05, 0.1) is 17.6 Å². The molecule has 2 aromatic rings. The number of halogens is 1. The number of nitrogens with zero attached hydrogens (tertiary/aromatic N) is 2. The van der Waals surface area contributed by atoms with Crippen LogP contribution in [0.1, 0.15) is 11.3 Å². The summed E-state index contributed by atoms with van der Waals surface area (Å²) >= 11 is 8.32. The highest BCUT2D eigenvalue weighted by Crippen LogP contribution is 2.16. The fraction of sp³-hybridized carbons (Fsp3) is 0.143. The SMILES string of the molecule is CN(Cc1ccc(Br)cc1)c1ccc(C(N)=S)nc1. The van der Waals surface area contributed by atoms with Crippen molar-refractivity contribution in [2.24, 2.45) is 5.73 Å². The molecule has 0 fully saturated rings. The van der Waals surface area contributed by atoms with E-state index in [0.29, 0.717) is 10.7 Å². The molecule has 3 nitrogen and oxygen atoms in total. The monoisotopic (exact) mass is 335 g/mol. The van der Waals surface area contributed by atoms with E-state index in [0.717, 1.165) is 16.7 Å². The first kappa shape index (κ1) is 14.0. The number of benzene rings is 1. The molecule has 19 heavy (non-hydrogen) atoms. The van der Waals surface area contributed by atoms with Gasteiger partial charge in [-0.05, 0) is 29.8 Å². The quantitative estimate of drug-likeness (QED) is 0.871. The highest BCUT2D eigenvalue weighted by atomic mass is 79.9. The van der Waals surface area contributed by atoms with Crippen molar-refractivity contribution in [3.8, 4) is 0 Å². The van der Waals surface area contributed by atoms with Gasteiger partial charge in [-0.1, -0.05) is 40.3 Å². The fourth-order valence-corrected chi connectivity index (χ4v) is 2.10. The van der Waals surface area contributed by atoms with Gasteiger partial charge >= 0.3 is 0 Å². The van der Waals surface area contributed by atoms with Crippen LogP contribution in [0.25, 0.3) is 0 Å². The molecule has 2 rings (SSSR count). The summed E-state index contributed by atoms with van der Waals surface area (Å²) in [6.45, 7) is 0.821. The molecule has 0 bridgehead atoms. The summed E-state index contributed by atoms with van der Waals surface area (Å²) in [5.41, 5.74) is 8.45. The standard InChI is InChI=1S/C14H14BrN3S/c1-18(9-10-2-4-11(15)5-3-10)12-6-7-13(14(16)19)17-8-12/h2-8H,9H2,1H3,(H2,16,19). The van der Waals surface area contributed by atoms with E-state index in [2.05, 4.69) is 37.9 Å². The molecule has 1 aromatic carbocycles. The molecule has 0 aliphatic carbocycles. The molecule has 0 radical (unpaired) electrons. The maximum Gasteiger partial charge on any atom is 0.122 e. The van der Waals surface area contributed by atoms with Crippen molar-refractivity contribution in [1.29, 1.82) is 0 Å². The minimum Gasteiger partial charge on any atom is -0.388 e. The van der Waals surface area contributed by atoms with Crippen LogP contribution in [-0.2, 0) is 6.54 Å². The summed E-state index contributed by atoms with van der Waals surface area (Å²) in [6.07, 6.45) is 1.79. The largest absolute Gasteiger partial charge is 0.388 e. The minimum absolute atomic E-state index is 0.321. The molecular formula is C14H14BrN3S. The van der Waals surface area contributed by atoms with Gasteiger partial charge in [0.15, 0.2) is 0 Å². The molecule has 0 aliphatic heterocycles. The summed E-state index contributed by atoms with van der Waals surface area (Å²) in [5.74, 6) is 0. The molecule has 0 saturated heterocycles. The Morgan fingerprint density at radius 3 is 2.47 bits per heavy atom. The lowest BCUT2D eigenvalue weighted by Crippen LogP contribution is -2.17. The molecular weight excluding hydrogens is 322 g/mol. The number of nitrogens with two attached hydrogens (primary N) is 1. The zero-order valence-electron chi connectivity index (χ0n) is 10.5. The zero-order chi connectivity index (χ0) is 13.8. The van der Waals surface area contributed by atoms with Crippen LogP contribution >= 0.6 is 28.1 Å². The third-order valence-corrected chi connectivity index (χ3v) is 3.51. The third kappa shape index (κ3) is 3.75. The van der Waals surface area contributed by atoms with Gasteiger partial charge in [-0.2, -0.15) is 0 Å². The van der Waals surface area contributed by atoms with Gasteiger partial charge < -0.3 is 10.6 Å². The van der Waals surface area contributed by atoms with E-state index in [4.69, 9.17) is 18.0 Å². The van der Waals surface area contributed by atoms with E-state index < -0.39 is 0 Å². The number of thiocarbonyl (C=S) groups is 1. The first-order chi connectivity index (χ1) is 9.06. The molecule has 0 saturated carbocycles. The number of rotatable bonds is 4. The number of hydrogen-bond acceptors (Lipinski definition) is 3. The Labute approximate surface area is 126 Å². The first-order valence-electron chi connectivity index (χ1n) is 5.77. The van der Waals surface area contributed by atoms with Crippen LogP contribution in [0.3, 0.4) is 0 Å². The van der Waals surface area contributed by atoms with Gasteiger partial charge in [0.25, 0.3) is 0 Å². The summed E-state index contributed by atoms with van der Waals surface area (Å²) in [6, 6.07) is 12.1. The topological polar surface area (TPSA) is 42.1 Å². The molecule has 0 aliphatic rings. The van der Waals surface area contributed by atoms with Crippen LogP contribution < -0.4 is 10.6 Å². The number of hydrogen-bond donors (Lipinski definition) is 1. The van der Waals surface area contributed by atoms with Crippen molar-refractivity contribution in [3.63, 3.8) is 0 Å². The molecule has 98 valence electrons. The maximum atomic E-state index is 5.53. The Bertz CT molecular complexity index is 566. The van der Waals surface area contributed by atoms with E-state index in [-0.39, 0.29) is 0 Å². The predicted octanol–water partition coefficient (Wildman–Crippen LogP) is 3.11. The third-order valence-electron chi connectivity index (χ3n) is 2.77. The minimum atomic E-state index is 0.321. The Hall–Kier alpha value is -1.46. The molecule has 1 aromatic heterocycles. The molecule has 1 heterocycles. The predicted molar refractivity (Wildman–Crippen MR) is 86.4 cm³/mol. The average Bonchev–Trinajstić information content (AvgIpc) is 2.41. The molecule has 2 N–H and O–H groups in total. The van der Waals surface area contributed by atoms with Gasteiger partial charge in [0.2, 0.25) is 0 Å². The van der Waals surface area contributed by atoms with E-state index in [1.165, 1.54) is 5.56 Å². The summed E-state index contributed by atoms with van der Waals surface area (Å²) in [4.78, 5) is 6.69. The van der Waals surface area contributed by atoms with E-state index in [9.17, 15) is 0 Å². The molecule has 0 atom stereocenters. The molecule has 5 heteroatoms. The Morgan fingerprint density at radius 1 is 1.26 bits per heavy atom. The number of pyridine rings is 1. The highest BCUT2D eigenvalue weighted by Gasteiger charge is 2.04. The number of anilines is 1.